The zero-order valence-electron chi connectivity index (χ0n) is 9.03. The highest BCUT2D eigenvalue weighted by Crippen LogP contribution is 2.47. The predicted molar refractivity (Wildman–Crippen MR) is 56.4 cm³/mol. The van der Waals surface area contributed by atoms with Crippen molar-refractivity contribution < 1.29 is 14.7 Å². The maximum Gasteiger partial charge on any atom is 0.319 e. The first kappa shape index (κ1) is 11.8. The van der Waals surface area contributed by atoms with Crippen molar-refractivity contribution >= 4 is 11.9 Å². The normalized spacial score (nSPS) is 16.9. The zero-order valence-corrected chi connectivity index (χ0v) is 9.03. The fourth-order valence-corrected chi connectivity index (χ4v) is 1.58. The summed E-state index contributed by atoms with van der Waals surface area (Å²) in [5.74, 6) is -1.23. The van der Waals surface area contributed by atoms with Crippen LogP contribution in [0.2, 0.25) is 0 Å². The Morgan fingerprint density at radius 2 is 2.13 bits per heavy atom. The van der Waals surface area contributed by atoms with Crippen LogP contribution < -0.4 is 0 Å². The molecule has 0 saturated heterocycles. The molecule has 0 heterocycles. The summed E-state index contributed by atoms with van der Waals surface area (Å²) in [5.41, 5.74) is -1.09. The van der Waals surface area contributed by atoms with Crippen molar-refractivity contribution in [3.05, 3.63) is 12.7 Å². The van der Waals surface area contributed by atoms with Crippen LogP contribution in [0.15, 0.2) is 12.7 Å². The molecule has 4 heteroatoms. The topological polar surface area (TPSA) is 57.6 Å². The molecule has 1 saturated carbocycles. The van der Waals surface area contributed by atoms with Crippen LogP contribution in [0.25, 0.3) is 0 Å². The van der Waals surface area contributed by atoms with Gasteiger partial charge >= 0.3 is 5.97 Å². The van der Waals surface area contributed by atoms with Crippen molar-refractivity contribution in [1.29, 1.82) is 0 Å². The molecule has 0 aromatic rings. The van der Waals surface area contributed by atoms with Gasteiger partial charge in [0.1, 0.15) is 5.41 Å². The van der Waals surface area contributed by atoms with Gasteiger partial charge in [-0.1, -0.05) is 6.08 Å². The first-order valence-electron chi connectivity index (χ1n) is 5.14. The maximum absolute atomic E-state index is 11.8. The largest absolute Gasteiger partial charge is 0.480 e. The predicted octanol–water partition coefficient (Wildman–Crippen LogP) is 1.28. The summed E-state index contributed by atoms with van der Waals surface area (Å²) >= 11 is 0. The number of allylic oxidation sites excluding steroid dienone is 1. The number of rotatable bonds is 6. The average molecular weight is 211 g/mol. The minimum absolute atomic E-state index is 0.251. The summed E-state index contributed by atoms with van der Waals surface area (Å²) in [6, 6.07) is 0. The van der Waals surface area contributed by atoms with E-state index in [2.05, 4.69) is 6.58 Å². The third-order valence-corrected chi connectivity index (χ3v) is 2.82. The molecule has 0 unspecified atom stereocenters. The van der Waals surface area contributed by atoms with Gasteiger partial charge < -0.3 is 10.0 Å². The first-order valence-corrected chi connectivity index (χ1v) is 5.14. The Morgan fingerprint density at radius 1 is 1.53 bits per heavy atom. The fourth-order valence-electron chi connectivity index (χ4n) is 1.58. The van der Waals surface area contributed by atoms with Crippen molar-refractivity contribution in [2.75, 3.05) is 13.6 Å². The molecular weight excluding hydrogens is 194 g/mol. The molecule has 1 fully saturated rings. The Bertz CT molecular complexity index is 282. The Hall–Kier alpha value is -1.32. The summed E-state index contributed by atoms with van der Waals surface area (Å²) in [4.78, 5) is 24.2. The van der Waals surface area contributed by atoms with Crippen molar-refractivity contribution in [2.45, 2.75) is 25.7 Å². The molecule has 0 atom stereocenters. The number of unbranched alkanes of at least 4 members (excludes halogenated alkanes) is 1. The third kappa shape index (κ3) is 2.37. The molecule has 1 N–H and O–H groups in total. The Labute approximate surface area is 89.6 Å². The van der Waals surface area contributed by atoms with Crippen molar-refractivity contribution in [1.82, 2.24) is 4.90 Å². The van der Waals surface area contributed by atoms with Gasteiger partial charge in [-0.25, -0.2) is 0 Å². The van der Waals surface area contributed by atoms with E-state index < -0.39 is 11.4 Å². The van der Waals surface area contributed by atoms with Crippen LogP contribution in [0, 0.1) is 5.41 Å². The van der Waals surface area contributed by atoms with Gasteiger partial charge in [0.15, 0.2) is 0 Å². The zero-order chi connectivity index (χ0) is 11.5. The number of carboxylic acid groups (broad SMARTS) is 1. The maximum atomic E-state index is 11.8. The van der Waals surface area contributed by atoms with E-state index >= 15 is 0 Å². The summed E-state index contributed by atoms with van der Waals surface area (Å²) in [6.07, 6.45) is 4.43. The van der Waals surface area contributed by atoms with Gasteiger partial charge in [-0.3, -0.25) is 9.59 Å². The van der Waals surface area contributed by atoms with Crippen molar-refractivity contribution in [2.24, 2.45) is 5.41 Å². The van der Waals surface area contributed by atoms with Gasteiger partial charge in [-0.2, -0.15) is 0 Å². The molecule has 1 rings (SSSR count). The van der Waals surface area contributed by atoms with Gasteiger partial charge in [0.25, 0.3) is 0 Å². The number of hydrogen-bond donors (Lipinski definition) is 1. The van der Waals surface area contributed by atoms with Crippen LogP contribution in [0.1, 0.15) is 25.7 Å². The monoisotopic (exact) mass is 211 g/mol. The average Bonchev–Trinajstić information content (AvgIpc) is 2.97. The number of amides is 1. The second-order valence-electron chi connectivity index (χ2n) is 4.04. The van der Waals surface area contributed by atoms with E-state index in [0.29, 0.717) is 19.4 Å². The Morgan fingerprint density at radius 3 is 2.53 bits per heavy atom. The smallest absolute Gasteiger partial charge is 0.319 e. The lowest BCUT2D eigenvalue weighted by molar-refractivity contribution is -0.152. The van der Waals surface area contributed by atoms with Crippen LogP contribution >= 0.6 is 0 Å². The lowest BCUT2D eigenvalue weighted by atomic mass is 10.1. The van der Waals surface area contributed by atoms with Crippen LogP contribution in [-0.4, -0.2) is 35.5 Å². The highest BCUT2D eigenvalue weighted by Gasteiger charge is 2.58. The summed E-state index contributed by atoms with van der Waals surface area (Å²) in [5, 5.41) is 8.93. The number of aliphatic carboxylic acids is 1. The van der Waals surface area contributed by atoms with Crippen molar-refractivity contribution in [3.63, 3.8) is 0 Å². The minimum atomic E-state index is -1.09. The second-order valence-corrected chi connectivity index (χ2v) is 4.04. The standard InChI is InChI=1S/C11H17NO3/c1-3-4-5-8-12(2)9(13)11(6-7-11)10(14)15/h3H,1,4-8H2,2H3,(H,14,15). The van der Waals surface area contributed by atoms with Crippen LogP contribution in [0.3, 0.4) is 0 Å². The number of carbonyl (C=O) groups excluding carboxylic acids is 1. The second kappa shape index (κ2) is 4.47. The molecule has 1 aliphatic carbocycles. The van der Waals surface area contributed by atoms with Gasteiger partial charge in [0.05, 0.1) is 0 Å². The van der Waals surface area contributed by atoms with Crippen LogP contribution in [-0.2, 0) is 9.59 Å². The fraction of sp³-hybridized carbons (Fsp3) is 0.636. The summed E-state index contributed by atoms with van der Waals surface area (Å²) < 4.78 is 0. The quantitative estimate of drug-likeness (QED) is 0.409. The van der Waals surface area contributed by atoms with Gasteiger partial charge in [-0.15, -0.1) is 6.58 Å². The van der Waals surface area contributed by atoms with Gasteiger partial charge in [0, 0.05) is 13.6 Å². The van der Waals surface area contributed by atoms with Crippen LogP contribution in [0.5, 0.6) is 0 Å². The molecular formula is C11H17NO3. The Balaban J connectivity index is 2.46. The number of carbonyl (C=O) groups is 2. The molecule has 4 nitrogen and oxygen atoms in total. The van der Waals surface area contributed by atoms with Gasteiger partial charge in [-0.05, 0) is 25.7 Å². The molecule has 0 radical (unpaired) electrons. The molecule has 0 bridgehead atoms. The molecule has 0 spiro atoms. The van der Waals surface area contributed by atoms with E-state index in [1.165, 1.54) is 4.90 Å². The van der Waals surface area contributed by atoms with Gasteiger partial charge in [0.2, 0.25) is 5.91 Å². The summed E-state index contributed by atoms with van der Waals surface area (Å²) in [6.45, 7) is 4.19. The van der Waals surface area contributed by atoms with E-state index in [1.54, 1.807) is 13.1 Å². The minimum Gasteiger partial charge on any atom is -0.480 e. The molecule has 1 amide bonds. The molecule has 0 aromatic carbocycles. The van der Waals surface area contributed by atoms with Crippen LogP contribution in [0.4, 0.5) is 0 Å². The highest BCUT2D eigenvalue weighted by molar-refractivity contribution is 6.04. The van der Waals surface area contributed by atoms with E-state index in [0.717, 1.165) is 12.8 Å². The van der Waals surface area contributed by atoms with E-state index in [9.17, 15) is 9.59 Å². The van der Waals surface area contributed by atoms with E-state index in [1.807, 2.05) is 0 Å². The summed E-state index contributed by atoms with van der Waals surface area (Å²) in [7, 11) is 1.66. The lowest BCUT2D eigenvalue weighted by Crippen LogP contribution is -2.38. The molecule has 0 aromatic heterocycles. The molecule has 84 valence electrons. The number of hydrogen-bond acceptors (Lipinski definition) is 2. The molecule has 1 aliphatic rings. The molecule has 0 aliphatic heterocycles. The first-order chi connectivity index (χ1) is 7.04. The third-order valence-electron chi connectivity index (χ3n) is 2.82. The van der Waals surface area contributed by atoms with E-state index in [-0.39, 0.29) is 5.91 Å². The number of carboxylic acids is 1. The number of nitrogens with zero attached hydrogens (tertiary/aromatic N) is 1. The van der Waals surface area contributed by atoms with E-state index in [4.69, 9.17) is 5.11 Å². The van der Waals surface area contributed by atoms with Crippen molar-refractivity contribution in [3.8, 4) is 0 Å². The highest BCUT2D eigenvalue weighted by atomic mass is 16.4. The molecule has 15 heavy (non-hydrogen) atoms. The lowest BCUT2D eigenvalue weighted by Gasteiger charge is -2.20. The Kier molecular flexibility index (Phi) is 3.50. The SMILES string of the molecule is C=CCCCN(C)C(=O)C1(C(=O)O)CC1.